The van der Waals surface area contributed by atoms with Gasteiger partial charge in [-0.2, -0.15) is 4.99 Å². The van der Waals surface area contributed by atoms with Crippen LogP contribution >= 0.6 is 38.9 Å². The van der Waals surface area contributed by atoms with Crippen LogP contribution in [0.4, 0.5) is 0 Å². The zero-order valence-corrected chi connectivity index (χ0v) is 17.0. The van der Waals surface area contributed by atoms with Gasteiger partial charge in [0.05, 0.1) is 20.8 Å². The summed E-state index contributed by atoms with van der Waals surface area (Å²) in [6, 6.07) is 9.42. The van der Waals surface area contributed by atoms with Crippen molar-refractivity contribution >= 4 is 55.0 Å². The average Bonchev–Trinajstić information content (AvgIpc) is 2.87. The molecule has 3 aromatic rings. The molecule has 3 rings (SSSR count). The number of hydrogen-bond donors (Lipinski definition) is 0. The normalized spacial score (nSPS) is 11.9. The van der Waals surface area contributed by atoms with Gasteiger partial charge in [-0.1, -0.05) is 44.9 Å². The Morgan fingerprint density at radius 3 is 2.76 bits per heavy atom. The van der Waals surface area contributed by atoms with E-state index in [1.54, 1.807) is 24.3 Å². The summed E-state index contributed by atoms with van der Waals surface area (Å²) in [5.74, 6) is -0.357. The standard InChI is InChI=1S/C19H16BrClN2OS/c1-4-7-23-16-8-11(2)12(3)9-17(16)25-19(23)22-18(24)14-10-13(20)5-6-15(14)21/h4-6,8-10H,1,7H2,2-3H3. The van der Waals surface area contributed by atoms with Crippen molar-refractivity contribution in [2.75, 3.05) is 0 Å². The van der Waals surface area contributed by atoms with Gasteiger partial charge in [0.2, 0.25) is 0 Å². The fourth-order valence-electron chi connectivity index (χ4n) is 2.52. The molecule has 6 heteroatoms. The van der Waals surface area contributed by atoms with Crippen LogP contribution in [-0.4, -0.2) is 10.5 Å². The van der Waals surface area contributed by atoms with E-state index in [9.17, 15) is 4.79 Å². The Kier molecular flexibility index (Phi) is 5.27. The lowest BCUT2D eigenvalue weighted by Crippen LogP contribution is -2.16. The van der Waals surface area contributed by atoms with E-state index in [0.717, 1.165) is 14.7 Å². The number of aryl methyl sites for hydroxylation is 2. The Balaban J connectivity index is 2.21. The third-order valence-electron chi connectivity index (χ3n) is 3.97. The second kappa shape index (κ2) is 7.28. The maximum atomic E-state index is 12.6. The number of carbonyl (C=O) groups is 1. The van der Waals surface area contributed by atoms with Gasteiger partial charge in [0.15, 0.2) is 4.80 Å². The first kappa shape index (κ1) is 18.1. The lowest BCUT2D eigenvalue weighted by Gasteiger charge is -2.04. The van der Waals surface area contributed by atoms with Crippen molar-refractivity contribution in [1.82, 2.24) is 4.57 Å². The summed E-state index contributed by atoms with van der Waals surface area (Å²) in [6.07, 6.45) is 1.80. The average molecular weight is 436 g/mol. The number of allylic oxidation sites excluding steroid dienone is 1. The predicted octanol–water partition coefficient (Wildman–Crippen LogP) is 5.66. The monoisotopic (exact) mass is 434 g/mol. The van der Waals surface area contributed by atoms with Crippen LogP contribution in [0.2, 0.25) is 5.02 Å². The summed E-state index contributed by atoms with van der Waals surface area (Å²) < 4.78 is 3.89. The SMILES string of the molecule is C=CCn1c(=NC(=O)c2cc(Br)ccc2Cl)sc2cc(C)c(C)cc21. The molecule has 0 aliphatic carbocycles. The topological polar surface area (TPSA) is 34.4 Å². The molecule has 0 aliphatic heterocycles. The maximum Gasteiger partial charge on any atom is 0.281 e. The van der Waals surface area contributed by atoms with Crippen LogP contribution in [0.25, 0.3) is 10.2 Å². The molecule has 25 heavy (non-hydrogen) atoms. The van der Waals surface area contributed by atoms with Gasteiger partial charge in [-0.15, -0.1) is 6.58 Å². The van der Waals surface area contributed by atoms with Crippen molar-refractivity contribution in [2.24, 2.45) is 4.99 Å². The van der Waals surface area contributed by atoms with E-state index < -0.39 is 0 Å². The number of thiazole rings is 1. The van der Waals surface area contributed by atoms with Crippen LogP contribution in [-0.2, 0) is 6.54 Å². The fourth-order valence-corrected chi connectivity index (χ4v) is 4.20. The first-order valence-electron chi connectivity index (χ1n) is 7.66. The van der Waals surface area contributed by atoms with Gasteiger partial charge in [-0.25, -0.2) is 0 Å². The molecule has 0 fully saturated rings. The highest BCUT2D eigenvalue weighted by atomic mass is 79.9. The van der Waals surface area contributed by atoms with E-state index in [2.05, 4.69) is 53.5 Å². The number of halogens is 2. The molecule has 0 saturated carbocycles. The molecule has 0 spiro atoms. The van der Waals surface area contributed by atoms with Crippen LogP contribution in [0.5, 0.6) is 0 Å². The van der Waals surface area contributed by atoms with Gasteiger partial charge in [-0.3, -0.25) is 4.79 Å². The van der Waals surface area contributed by atoms with E-state index in [4.69, 9.17) is 11.6 Å². The molecule has 0 bridgehead atoms. The van der Waals surface area contributed by atoms with E-state index in [-0.39, 0.29) is 5.91 Å². The molecule has 0 radical (unpaired) electrons. The van der Waals surface area contributed by atoms with Crippen molar-refractivity contribution in [1.29, 1.82) is 0 Å². The summed E-state index contributed by atoms with van der Waals surface area (Å²) in [6.45, 7) is 8.56. The first-order chi connectivity index (χ1) is 11.9. The zero-order valence-electron chi connectivity index (χ0n) is 13.8. The minimum Gasteiger partial charge on any atom is -0.312 e. The minimum absolute atomic E-state index is 0.357. The van der Waals surface area contributed by atoms with Gasteiger partial charge in [0.1, 0.15) is 0 Å². The Hall–Kier alpha value is -1.69. The third-order valence-corrected chi connectivity index (χ3v) is 5.83. The molecule has 0 atom stereocenters. The summed E-state index contributed by atoms with van der Waals surface area (Å²) >= 11 is 11.0. The van der Waals surface area contributed by atoms with Crippen molar-refractivity contribution < 1.29 is 4.79 Å². The van der Waals surface area contributed by atoms with Crippen LogP contribution in [0.15, 0.2) is 52.5 Å². The van der Waals surface area contributed by atoms with Crippen molar-refractivity contribution in [3.05, 3.63) is 74.0 Å². The van der Waals surface area contributed by atoms with Gasteiger partial charge >= 0.3 is 0 Å². The second-order valence-corrected chi connectivity index (χ2v) is 8.06. The van der Waals surface area contributed by atoms with Gasteiger partial charge in [0.25, 0.3) is 5.91 Å². The fraction of sp³-hybridized carbons (Fsp3) is 0.158. The number of aromatic nitrogens is 1. The molecule has 0 N–H and O–H groups in total. The molecule has 1 heterocycles. The third kappa shape index (κ3) is 3.64. The van der Waals surface area contributed by atoms with Crippen LogP contribution in [0.3, 0.4) is 0 Å². The number of rotatable bonds is 3. The number of fused-ring (bicyclic) bond motifs is 1. The quantitative estimate of drug-likeness (QED) is 0.489. The Morgan fingerprint density at radius 1 is 1.32 bits per heavy atom. The molecule has 0 unspecified atom stereocenters. The summed E-state index contributed by atoms with van der Waals surface area (Å²) in [5.41, 5.74) is 3.86. The molecular weight excluding hydrogens is 420 g/mol. The minimum atomic E-state index is -0.357. The van der Waals surface area contributed by atoms with Gasteiger partial charge in [0, 0.05) is 11.0 Å². The molecule has 2 aromatic carbocycles. The smallest absolute Gasteiger partial charge is 0.281 e. The van der Waals surface area contributed by atoms with E-state index in [1.807, 2.05) is 4.57 Å². The highest BCUT2D eigenvalue weighted by Gasteiger charge is 2.13. The second-order valence-electron chi connectivity index (χ2n) is 5.73. The van der Waals surface area contributed by atoms with Crippen molar-refractivity contribution in [2.45, 2.75) is 20.4 Å². The molecule has 3 nitrogen and oxygen atoms in total. The molecule has 1 aromatic heterocycles. The Morgan fingerprint density at radius 2 is 2.04 bits per heavy atom. The number of nitrogens with zero attached hydrogens (tertiary/aromatic N) is 2. The highest BCUT2D eigenvalue weighted by molar-refractivity contribution is 9.10. The van der Waals surface area contributed by atoms with E-state index in [1.165, 1.54) is 22.5 Å². The number of amides is 1. The van der Waals surface area contributed by atoms with Crippen molar-refractivity contribution in [3.63, 3.8) is 0 Å². The number of benzene rings is 2. The van der Waals surface area contributed by atoms with Crippen LogP contribution < -0.4 is 4.80 Å². The highest BCUT2D eigenvalue weighted by Crippen LogP contribution is 2.24. The molecule has 128 valence electrons. The van der Waals surface area contributed by atoms with Crippen LogP contribution in [0, 0.1) is 13.8 Å². The van der Waals surface area contributed by atoms with Crippen molar-refractivity contribution in [3.8, 4) is 0 Å². The number of hydrogen-bond acceptors (Lipinski definition) is 2. The largest absolute Gasteiger partial charge is 0.312 e. The van der Waals surface area contributed by atoms with E-state index in [0.29, 0.717) is 21.9 Å². The summed E-state index contributed by atoms with van der Waals surface area (Å²) in [5, 5.41) is 0.389. The van der Waals surface area contributed by atoms with Gasteiger partial charge in [-0.05, 0) is 55.3 Å². The lowest BCUT2D eigenvalue weighted by atomic mass is 10.1. The van der Waals surface area contributed by atoms with Crippen LogP contribution in [0.1, 0.15) is 21.5 Å². The maximum absolute atomic E-state index is 12.6. The van der Waals surface area contributed by atoms with Gasteiger partial charge < -0.3 is 4.57 Å². The Labute approximate surface area is 163 Å². The van der Waals surface area contributed by atoms with E-state index >= 15 is 0 Å². The molecule has 0 aliphatic rings. The predicted molar refractivity (Wildman–Crippen MR) is 109 cm³/mol. The Bertz CT molecular complexity index is 1070. The first-order valence-corrected chi connectivity index (χ1v) is 9.65. The summed E-state index contributed by atoms with van der Waals surface area (Å²) in [7, 11) is 0. The molecule has 1 amide bonds. The molecular formula is C19H16BrClN2OS. The lowest BCUT2D eigenvalue weighted by molar-refractivity contribution is 0.0998. The number of carbonyl (C=O) groups excluding carboxylic acids is 1. The zero-order chi connectivity index (χ0) is 18.1. The summed E-state index contributed by atoms with van der Waals surface area (Å²) in [4.78, 5) is 17.6. The molecule has 0 saturated heterocycles.